The number of carbonyl (C=O) groups excluding carboxylic acids is 1. The average molecular weight is 470 g/mol. The molecule has 35 heavy (non-hydrogen) atoms. The molecule has 1 unspecified atom stereocenters. The van der Waals surface area contributed by atoms with Gasteiger partial charge in [-0.25, -0.2) is 4.98 Å². The lowest BCUT2D eigenvalue weighted by Gasteiger charge is -2.35. The van der Waals surface area contributed by atoms with Gasteiger partial charge in [-0.15, -0.1) is 0 Å². The van der Waals surface area contributed by atoms with E-state index in [1.54, 1.807) is 4.57 Å². The van der Waals surface area contributed by atoms with Crippen LogP contribution in [0.5, 0.6) is 0 Å². The van der Waals surface area contributed by atoms with E-state index in [9.17, 15) is 9.59 Å². The lowest BCUT2D eigenvalue weighted by atomic mass is 9.93. The predicted molar refractivity (Wildman–Crippen MR) is 144 cm³/mol. The minimum Gasteiger partial charge on any atom is -0.332 e. The number of nitrogens with zero attached hydrogens (tertiary/aromatic N) is 3. The molecule has 0 bridgehead atoms. The second-order valence-electron chi connectivity index (χ2n) is 10.3. The number of hydrogen-bond donors (Lipinski definition) is 0. The fourth-order valence-electron chi connectivity index (χ4n) is 4.57. The van der Waals surface area contributed by atoms with Gasteiger partial charge in [0, 0.05) is 12.0 Å². The highest BCUT2D eigenvalue weighted by Crippen LogP contribution is 2.29. The third-order valence-electron chi connectivity index (χ3n) is 6.54. The number of para-hydroxylation sites is 1. The van der Waals surface area contributed by atoms with Gasteiger partial charge < -0.3 is 4.90 Å². The summed E-state index contributed by atoms with van der Waals surface area (Å²) in [5.74, 6) is 0.645. The standard InChI is InChI=1S/C30H35N3O2/c1-6-7-12-19-32(29(35)30(3,4)5)21(2)27-31-26-16-11-10-15-25(26)28(34)33(27)24-18-17-22-13-8-9-14-23(22)20-24/h8-11,13-18,20-21H,6-7,12,19H2,1-5H3. The molecule has 1 heterocycles. The first kappa shape index (κ1) is 24.6. The van der Waals surface area contributed by atoms with E-state index in [0.29, 0.717) is 23.3 Å². The number of fused-ring (bicyclic) bond motifs is 2. The molecule has 182 valence electrons. The Morgan fingerprint density at radius 3 is 2.37 bits per heavy atom. The number of unbranched alkanes of at least 4 members (excludes halogenated alkanes) is 2. The molecule has 0 spiro atoms. The molecule has 1 atom stereocenters. The van der Waals surface area contributed by atoms with Crippen molar-refractivity contribution in [2.75, 3.05) is 6.54 Å². The molecule has 0 aliphatic carbocycles. The Balaban J connectivity index is 1.93. The van der Waals surface area contributed by atoms with E-state index >= 15 is 0 Å². The van der Waals surface area contributed by atoms with E-state index in [4.69, 9.17) is 4.98 Å². The number of rotatable bonds is 7. The van der Waals surface area contributed by atoms with Gasteiger partial charge in [-0.3, -0.25) is 14.2 Å². The number of aromatic nitrogens is 2. The molecule has 0 radical (unpaired) electrons. The first-order valence-corrected chi connectivity index (χ1v) is 12.5. The van der Waals surface area contributed by atoms with Crippen LogP contribution in [0.1, 0.15) is 65.7 Å². The monoisotopic (exact) mass is 469 g/mol. The van der Waals surface area contributed by atoms with Gasteiger partial charge in [0.25, 0.3) is 5.56 Å². The zero-order valence-corrected chi connectivity index (χ0v) is 21.4. The molecule has 3 aromatic carbocycles. The van der Waals surface area contributed by atoms with E-state index in [2.05, 4.69) is 13.0 Å². The summed E-state index contributed by atoms with van der Waals surface area (Å²) in [5, 5.41) is 2.72. The van der Waals surface area contributed by atoms with Crippen molar-refractivity contribution in [3.8, 4) is 5.69 Å². The van der Waals surface area contributed by atoms with Crippen molar-refractivity contribution in [2.45, 2.75) is 59.9 Å². The van der Waals surface area contributed by atoms with Gasteiger partial charge >= 0.3 is 0 Å². The molecule has 0 saturated carbocycles. The van der Waals surface area contributed by atoms with E-state index < -0.39 is 5.41 Å². The maximum Gasteiger partial charge on any atom is 0.266 e. The number of benzene rings is 3. The van der Waals surface area contributed by atoms with Crippen LogP contribution in [0.15, 0.2) is 71.5 Å². The van der Waals surface area contributed by atoms with Crippen LogP contribution in [0.25, 0.3) is 27.4 Å². The predicted octanol–water partition coefficient (Wildman–Crippen LogP) is 6.66. The highest BCUT2D eigenvalue weighted by Gasteiger charge is 2.33. The SMILES string of the molecule is CCCCCN(C(=O)C(C)(C)C)C(C)c1nc2ccccc2c(=O)n1-c1ccc2ccccc2c1. The van der Waals surface area contributed by atoms with Gasteiger partial charge in [0.2, 0.25) is 5.91 Å². The Morgan fingerprint density at radius 1 is 0.971 bits per heavy atom. The Hall–Kier alpha value is -3.47. The second kappa shape index (κ2) is 10.0. The van der Waals surface area contributed by atoms with E-state index in [-0.39, 0.29) is 17.5 Å². The molecular weight excluding hydrogens is 434 g/mol. The third kappa shape index (κ3) is 5.00. The Kier molecular flexibility index (Phi) is 7.06. The molecule has 1 amide bonds. The lowest BCUT2D eigenvalue weighted by molar-refractivity contribution is -0.142. The van der Waals surface area contributed by atoms with Crippen LogP contribution in [-0.4, -0.2) is 26.9 Å². The maximum absolute atomic E-state index is 13.9. The van der Waals surface area contributed by atoms with Gasteiger partial charge in [0.15, 0.2) is 0 Å². The van der Waals surface area contributed by atoms with Crippen molar-refractivity contribution in [2.24, 2.45) is 5.41 Å². The van der Waals surface area contributed by atoms with Crippen molar-refractivity contribution in [1.29, 1.82) is 0 Å². The van der Waals surface area contributed by atoms with Crippen molar-refractivity contribution in [1.82, 2.24) is 14.5 Å². The minimum atomic E-state index is -0.536. The number of carbonyl (C=O) groups is 1. The van der Waals surface area contributed by atoms with Crippen LogP contribution in [0.4, 0.5) is 0 Å². The molecule has 0 N–H and O–H groups in total. The largest absolute Gasteiger partial charge is 0.332 e. The third-order valence-corrected chi connectivity index (χ3v) is 6.54. The fourth-order valence-corrected chi connectivity index (χ4v) is 4.57. The highest BCUT2D eigenvalue weighted by atomic mass is 16.2. The van der Waals surface area contributed by atoms with E-state index in [0.717, 1.165) is 35.7 Å². The average Bonchev–Trinajstić information content (AvgIpc) is 2.85. The first-order valence-electron chi connectivity index (χ1n) is 12.5. The summed E-state index contributed by atoms with van der Waals surface area (Å²) in [7, 11) is 0. The summed E-state index contributed by atoms with van der Waals surface area (Å²) in [4.78, 5) is 34.3. The van der Waals surface area contributed by atoms with E-state index in [1.165, 1.54) is 0 Å². The van der Waals surface area contributed by atoms with Crippen LogP contribution < -0.4 is 5.56 Å². The summed E-state index contributed by atoms with van der Waals surface area (Å²) in [6.07, 6.45) is 3.03. The highest BCUT2D eigenvalue weighted by molar-refractivity contribution is 5.85. The summed E-state index contributed by atoms with van der Waals surface area (Å²) in [5.41, 5.74) is 0.744. The quantitative estimate of drug-likeness (QED) is 0.284. The second-order valence-corrected chi connectivity index (χ2v) is 10.3. The van der Waals surface area contributed by atoms with Crippen molar-refractivity contribution in [3.63, 3.8) is 0 Å². The normalized spacial score (nSPS) is 12.7. The minimum absolute atomic E-state index is 0.0635. The van der Waals surface area contributed by atoms with Gasteiger partial charge in [0.05, 0.1) is 22.6 Å². The molecular formula is C30H35N3O2. The van der Waals surface area contributed by atoms with Crippen LogP contribution in [-0.2, 0) is 4.79 Å². The van der Waals surface area contributed by atoms with Crippen LogP contribution in [0.3, 0.4) is 0 Å². The molecule has 5 nitrogen and oxygen atoms in total. The van der Waals surface area contributed by atoms with Gasteiger partial charge in [-0.05, 0) is 48.4 Å². The summed E-state index contributed by atoms with van der Waals surface area (Å²) < 4.78 is 1.70. The van der Waals surface area contributed by atoms with Gasteiger partial charge in [0.1, 0.15) is 5.82 Å². The summed E-state index contributed by atoms with van der Waals surface area (Å²) >= 11 is 0. The van der Waals surface area contributed by atoms with E-state index in [1.807, 2.05) is 93.3 Å². The topological polar surface area (TPSA) is 55.2 Å². The molecule has 4 aromatic rings. The number of amides is 1. The van der Waals surface area contributed by atoms with Crippen molar-refractivity contribution < 1.29 is 4.79 Å². The van der Waals surface area contributed by atoms with Crippen LogP contribution >= 0.6 is 0 Å². The van der Waals surface area contributed by atoms with Gasteiger partial charge in [-0.1, -0.05) is 83.0 Å². The number of hydrogen-bond acceptors (Lipinski definition) is 3. The molecule has 0 aliphatic heterocycles. The maximum atomic E-state index is 13.9. The molecule has 0 saturated heterocycles. The molecule has 0 aliphatic rings. The van der Waals surface area contributed by atoms with Crippen molar-refractivity contribution >= 4 is 27.6 Å². The molecule has 5 heteroatoms. The zero-order chi connectivity index (χ0) is 25.2. The van der Waals surface area contributed by atoms with Crippen LogP contribution in [0, 0.1) is 5.41 Å². The molecule has 1 aromatic heterocycles. The van der Waals surface area contributed by atoms with Gasteiger partial charge in [-0.2, -0.15) is 0 Å². The summed E-state index contributed by atoms with van der Waals surface area (Å²) in [6.45, 7) is 10.6. The smallest absolute Gasteiger partial charge is 0.266 e. The summed E-state index contributed by atoms with van der Waals surface area (Å²) in [6, 6.07) is 21.2. The Morgan fingerprint density at radius 2 is 1.66 bits per heavy atom. The van der Waals surface area contributed by atoms with Crippen molar-refractivity contribution in [3.05, 3.63) is 82.9 Å². The molecule has 4 rings (SSSR count). The lowest BCUT2D eigenvalue weighted by Crippen LogP contribution is -2.43. The fraction of sp³-hybridized carbons (Fsp3) is 0.367. The molecule has 0 fully saturated rings. The first-order chi connectivity index (χ1) is 16.7. The Bertz CT molecular complexity index is 1410. The zero-order valence-electron chi connectivity index (χ0n) is 21.4. The van der Waals surface area contributed by atoms with Crippen LogP contribution in [0.2, 0.25) is 0 Å². The Labute approximate surface area is 207 Å².